The number of hydrogen-bond acceptors (Lipinski definition) is 4. The first-order chi connectivity index (χ1) is 7.25. The second-order valence-corrected chi connectivity index (χ2v) is 3.46. The zero-order chi connectivity index (χ0) is 10.7. The molecule has 0 bridgehead atoms. The Morgan fingerprint density at radius 2 is 2.13 bits per heavy atom. The molecule has 0 aromatic carbocycles. The van der Waals surface area contributed by atoms with Crippen LogP contribution in [0.3, 0.4) is 0 Å². The third-order valence-corrected chi connectivity index (χ3v) is 1.84. The van der Waals surface area contributed by atoms with Crippen LogP contribution in [0.15, 0.2) is 35.3 Å². The molecule has 0 saturated carbocycles. The molecule has 0 saturated heterocycles. The maximum absolute atomic E-state index is 5.48. The van der Waals surface area contributed by atoms with Gasteiger partial charge < -0.3 is 9.26 Å². The minimum absolute atomic E-state index is 0.160. The van der Waals surface area contributed by atoms with Gasteiger partial charge in [0.05, 0.1) is 29.8 Å². The topological polar surface area (TPSA) is 48.2 Å². The highest BCUT2D eigenvalue weighted by Crippen LogP contribution is 2.19. The molecule has 0 radical (unpaired) electrons. The van der Waals surface area contributed by atoms with Gasteiger partial charge in [0, 0.05) is 0 Å². The van der Waals surface area contributed by atoms with E-state index in [1.165, 1.54) is 0 Å². The van der Waals surface area contributed by atoms with E-state index in [1.807, 2.05) is 26.0 Å². The maximum atomic E-state index is 5.48. The Balaban J connectivity index is 2.17. The lowest BCUT2D eigenvalue weighted by molar-refractivity contribution is 0.241. The van der Waals surface area contributed by atoms with E-state index in [-0.39, 0.29) is 6.10 Å². The summed E-state index contributed by atoms with van der Waals surface area (Å²) in [6.07, 6.45) is 5.05. The van der Waals surface area contributed by atoms with E-state index < -0.39 is 0 Å². The zero-order valence-corrected chi connectivity index (χ0v) is 8.68. The summed E-state index contributed by atoms with van der Waals surface area (Å²) in [6, 6.07) is 3.76. The Bertz CT molecular complexity index is 407. The fraction of sp³-hybridized carbons (Fsp3) is 0.273. The summed E-state index contributed by atoms with van der Waals surface area (Å²) in [7, 11) is 0. The van der Waals surface area contributed by atoms with Crippen LogP contribution in [0.1, 0.15) is 13.8 Å². The molecule has 2 rings (SSSR count). The second kappa shape index (κ2) is 4.13. The molecule has 2 aromatic rings. The molecule has 0 aliphatic rings. The molecule has 0 amide bonds. The van der Waals surface area contributed by atoms with Crippen LogP contribution in [-0.2, 0) is 0 Å². The first-order valence-corrected chi connectivity index (χ1v) is 4.78. The first-order valence-electron chi connectivity index (χ1n) is 4.78. The van der Waals surface area contributed by atoms with E-state index in [4.69, 9.17) is 9.26 Å². The van der Waals surface area contributed by atoms with Crippen molar-refractivity contribution >= 4 is 0 Å². The smallest absolute Gasteiger partial charge is 0.138 e. The van der Waals surface area contributed by atoms with Gasteiger partial charge in [-0.25, -0.2) is 0 Å². The third-order valence-electron chi connectivity index (χ3n) is 1.84. The molecular weight excluding hydrogens is 192 g/mol. The van der Waals surface area contributed by atoms with Gasteiger partial charge in [-0.05, 0) is 26.0 Å². The molecule has 0 fully saturated rings. The summed E-state index contributed by atoms with van der Waals surface area (Å²) in [4.78, 5) is 4.25. The predicted molar refractivity (Wildman–Crippen MR) is 55.5 cm³/mol. The van der Waals surface area contributed by atoms with E-state index in [9.17, 15) is 0 Å². The summed E-state index contributed by atoms with van der Waals surface area (Å²) in [5.74, 6) is 0.769. The van der Waals surface area contributed by atoms with E-state index in [2.05, 4.69) is 10.1 Å². The van der Waals surface area contributed by atoms with Crippen molar-refractivity contribution in [2.45, 2.75) is 20.0 Å². The van der Waals surface area contributed by atoms with E-state index >= 15 is 0 Å². The summed E-state index contributed by atoms with van der Waals surface area (Å²) in [5.41, 5.74) is 1.69. The lowest BCUT2D eigenvalue weighted by Crippen LogP contribution is -2.05. The van der Waals surface area contributed by atoms with Crippen molar-refractivity contribution in [2.24, 2.45) is 0 Å². The third kappa shape index (κ3) is 2.34. The van der Waals surface area contributed by atoms with Crippen molar-refractivity contribution in [1.82, 2.24) is 10.1 Å². The fourth-order valence-electron chi connectivity index (χ4n) is 1.22. The Hall–Kier alpha value is -1.84. The summed E-state index contributed by atoms with van der Waals surface area (Å²) >= 11 is 0. The molecule has 2 aromatic heterocycles. The van der Waals surface area contributed by atoms with E-state index in [1.54, 1.807) is 18.7 Å². The van der Waals surface area contributed by atoms with Crippen LogP contribution in [0, 0.1) is 0 Å². The zero-order valence-electron chi connectivity index (χ0n) is 8.68. The monoisotopic (exact) mass is 204 g/mol. The van der Waals surface area contributed by atoms with Gasteiger partial charge in [-0.15, -0.1) is 0 Å². The van der Waals surface area contributed by atoms with Crippen molar-refractivity contribution in [2.75, 3.05) is 0 Å². The van der Waals surface area contributed by atoms with Crippen LogP contribution in [0.4, 0.5) is 0 Å². The quantitative estimate of drug-likeness (QED) is 0.770. The van der Waals surface area contributed by atoms with Crippen LogP contribution < -0.4 is 4.74 Å². The van der Waals surface area contributed by atoms with Crippen LogP contribution >= 0.6 is 0 Å². The Kier molecular flexibility index (Phi) is 2.67. The van der Waals surface area contributed by atoms with Gasteiger partial charge in [0.1, 0.15) is 12.0 Å². The highest BCUT2D eigenvalue weighted by molar-refractivity contribution is 5.56. The predicted octanol–water partition coefficient (Wildman–Crippen LogP) is 2.52. The fourth-order valence-corrected chi connectivity index (χ4v) is 1.22. The van der Waals surface area contributed by atoms with Gasteiger partial charge in [-0.3, -0.25) is 4.98 Å². The minimum Gasteiger partial charge on any atom is -0.489 e. The summed E-state index contributed by atoms with van der Waals surface area (Å²) in [5, 5.41) is 3.62. The van der Waals surface area contributed by atoms with Gasteiger partial charge in [0.25, 0.3) is 0 Å². The van der Waals surface area contributed by atoms with Crippen molar-refractivity contribution in [3.05, 3.63) is 30.8 Å². The lowest BCUT2D eigenvalue weighted by Gasteiger charge is -2.08. The van der Waals surface area contributed by atoms with E-state index in [0.717, 1.165) is 17.0 Å². The minimum atomic E-state index is 0.160. The molecule has 2 heterocycles. The SMILES string of the molecule is CC(C)Oc1ccc(-c2cnoc2)nc1. The molecular formula is C11H12N2O2. The number of aromatic nitrogens is 2. The highest BCUT2D eigenvalue weighted by Gasteiger charge is 2.02. The van der Waals surface area contributed by atoms with Crippen LogP contribution in [-0.4, -0.2) is 16.2 Å². The van der Waals surface area contributed by atoms with Gasteiger partial charge in [-0.2, -0.15) is 0 Å². The molecule has 4 heteroatoms. The first kappa shape index (κ1) is 9.71. The highest BCUT2D eigenvalue weighted by atomic mass is 16.5. The Morgan fingerprint density at radius 1 is 1.27 bits per heavy atom. The number of pyridine rings is 1. The maximum Gasteiger partial charge on any atom is 0.138 e. The van der Waals surface area contributed by atoms with Gasteiger partial charge >= 0.3 is 0 Å². The normalized spacial score (nSPS) is 10.6. The summed E-state index contributed by atoms with van der Waals surface area (Å²) < 4.78 is 10.2. The van der Waals surface area contributed by atoms with Crippen LogP contribution in [0.2, 0.25) is 0 Å². The average molecular weight is 204 g/mol. The molecule has 4 nitrogen and oxygen atoms in total. The molecule has 15 heavy (non-hydrogen) atoms. The van der Waals surface area contributed by atoms with Crippen LogP contribution in [0.5, 0.6) is 5.75 Å². The van der Waals surface area contributed by atoms with Gasteiger partial charge in [0.2, 0.25) is 0 Å². The van der Waals surface area contributed by atoms with Crippen molar-refractivity contribution in [3.8, 4) is 17.0 Å². The van der Waals surface area contributed by atoms with Gasteiger partial charge in [-0.1, -0.05) is 5.16 Å². The molecule has 0 aliphatic carbocycles. The molecule has 0 unspecified atom stereocenters. The lowest BCUT2D eigenvalue weighted by atomic mass is 10.2. The second-order valence-electron chi connectivity index (χ2n) is 3.46. The van der Waals surface area contributed by atoms with Gasteiger partial charge in [0.15, 0.2) is 0 Å². The van der Waals surface area contributed by atoms with Crippen molar-refractivity contribution in [3.63, 3.8) is 0 Å². The molecule has 0 N–H and O–H groups in total. The van der Waals surface area contributed by atoms with Crippen LogP contribution in [0.25, 0.3) is 11.3 Å². The Morgan fingerprint density at radius 3 is 2.67 bits per heavy atom. The van der Waals surface area contributed by atoms with E-state index in [0.29, 0.717) is 0 Å². The number of rotatable bonds is 3. The number of ether oxygens (including phenoxy) is 1. The standard InChI is InChI=1S/C11H12N2O2/c1-8(2)15-10-3-4-11(12-6-10)9-5-13-14-7-9/h3-8H,1-2H3. The molecule has 0 aliphatic heterocycles. The largest absolute Gasteiger partial charge is 0.489 e. The number of hydrogen-bond donors (Lipinski definition) is 0. The van der Waals surface area contributed by atoms with Crippen molar-refractivity contribution in [1.29, 1.82) is 0 Å². The molecule has 0 spiro atoms. The number of nitrogens with zero attached hydrogens (tertiary/aromatic N) is 2. The molecule has 0 atom stereocenters. The molecule has 78 valence electrons. The Labute approximate surface area is 87.9 Å². The summed E-state index contributed by atoms with van der Waals surface area (Å²) in [6.45, 7) is 3.96. The van der Waals surface area contributed by atoms with Crippen molar-refractivity contribution < 1.29 is 9.26 Å². The average Bonchev–Trinajstić information content (AvgIpc) is 2.71.